The molecule has 0 spiro atoms. The van der Waals surface area contributed by atoms with Crippen molar-refractivity contribution in [2.45, 2.75) is 53.9 Å². The van der Waals surface area contributed by atoms with Gasteiger partial charge in [0.2, 0.25) is 5.91 Å². The average molecular weight is 301 g/mol. The van der Waals surface area contributed by atoms with E-state index in [2.05, 4.69) is 49.9 Å². The van der Waals surface area contributed by atoms with E-state index in [4.69, 9.17) is 0 Å². The molecule has 0 radical (unpaired) electrons. The van der Waals surface area contributed by atoms with Crippen molar-refractivity contribution in [1.82, 2.24) is 4.90 Å². The van der Waals surface area contributed by atoms with Crippen LogP contribution in [0, 0.1) is 24.2 Å². The number of hydrogen-bond donors (Lipinski definition) is 0. The second-order valence-corrected chi connectivity index (χ2v) is 7.70. The molecule has 1 aliphatic heterocycles. The summed E-state index contributed by atoms with van der Waals surface area (Å²) in [6.07, 6.45) is 3.43. The topological polar surface area (TPSA) is 20.3 Å². The molecule has 1 amide bonds. The number of rotatable bonds is 4. The van der Waals surface area contributed by atoms with Crippen molar-refractivity contribution in [1.29, 1.82) is 0 Å². The molecule has 2 rings (SSSR count). The van der Waals surface area contributed by atoms with Gasteiger partial charge in [-0.3, -0.25) is 4.79 Å². The van der Waals surface area contributed by atoms with Gasteiger partial charge in [0.05, 0.1) is 0 Å². The van der Waals surface area contributed by atoms with Crippen molar-refractivity contribution >= 4 is 5.91 Å². The summed E-state index contributed by atoms with van der Waals surface area (Å²) in [5.41, 5.74) is 2.93. The lowest BCUT2D eigenvalue weighted by molar-refractivity contribution is -0.139. The number of nitrogens with zero attached hydrogens (tertiary/aromatic N) is 1. The molecule has 2 nitrogen and oxygen atoms in total. The Hall–Kier alpha value is -1.31. The minimum Gasteiger partial charge on any atom is -0.342 e. The number of benzene rings is 1. The van der Waals surface area contributed by atoms with E-state index in [-0.39, 0.29) is 11.3 Å². The smallest absolute Gasteiger partial charge is 0.225 e. The second kappa shape index (κ2) is 6.85. The zero-order valence-corrected chi connectivity index (χ0v) is 14.9. The van der Waals surface area contributed by atoms with E-state index in [1.165, 1.54) is 17.5 Å². The Morgan fingerprint density at radius 2 is 1.82 bits per heavy atom. The molecule has 1 aliphatic rings. The third-order valence-corrected chi connectivity index (χ3v) is 5.32. The van der Waals surface area contributed by atoms with Gasteiger partial charge in [-0.1, -0.05) is 57.5 Å². The van der Waals surface area contributed by atoms with Crippen LogP contribution in [0.1, 0.15) is 51.7 Å². The first-order chi connectivity index (χ1) is 10.3. The van der Waals surface area contributed by atoms with Crippen LogP contribution < -0.4 is 0 Å². The third kappa shape index (κ3) is 3.71. The summed E-state index contributed by atoms with van der Waals surface area (Å²) in [4.78, 5) is 14.5. The van der Waals surface area contributed by atoms with Crippen LogP contribution in [0.2, 0.25) is 0 Å². The number of amides is 1. The maximum absolute atomic E-state index is 12.4. The summed E-state index contributed by atoms with van der Waals surface area (Å²) in [5, 5.41) is 0. The van der Waals surface area contributed by atoms with Gasteiger partial charge in [0.25, 0.3) is 0 Å². The standard InChI is InChI=1S/C20H31NO/c1-15(2)19(22)21-12-6-11-20(14-21,16(3)4)13-18-9-7-17(5)8-10-18/h7-10,15-16H,6,11-14H2,1-5H3. The number of aryl methyl sites for hydroxylation is 1. The predicted octanol–water partition coefficient (Wildman–Crippen LogP) is 4.46. The summed E-state index contributed by atoms with van der Waals surface area (Å²) in [7, 11) is 0. The molecule has 22 heavy (non-hydrogen) atoms. The highest BCUT2D eigenvalue weighted by Crippen LogP contribution is 2.40. The van der Waals surface area contributed by atoms with Crippen LogP contribution in [-0.4, -0.2) is 23.9 Å². The van der Waals surface area contributed by atoms with Crippen LogP contribution >= 0.6 is 0 Å². The molecule has 1 aromatic rings. The Morgan fingerprint density at radius 1 is 1.18 bits per heavy atom. The first-order valence-electron chi connectivity index (χ1n) is 8.68. The lowest BCUT2D eigenvalue weighted by Crippen LogP contribution is -2.50. The Kier molecular flexibility index (Phi) is 5.31. The van der Waals surface area contributed by atoms with Gasteiger partial charge < -0.3 is 4.90 Å². The zero-order chi connectivity index (χ0) is 16.3. The maximum atomic E-state index is 12.4. The normalized spacial score (nSPS) is 22.4. The Bertz CT molecular complexity index is 503. The number of hydrogen-bond acceptors (Lipinski definition) is 1. The van der Waals surface area contributed by atoms with Gasteiger partial charge >= 0.3 is 0 Å². The zero-order valence-electron chi connectivity index (χ0n) is 14.9. The summed E-state index contributed by atoms with van der Waals surface area (Å²) in [6, 6.07) is 8.90. The molecule has 0 aliphatic carbocycles. The minimum atomic E-state index is 0.0994. The Morgan fingerprint density at radius 3 is 2.36 bits per heavy atom. The van der Waals surface area contributed by atoms with Crippen LogP contribution in [0.15, 0.2) is 24.3 Å². The first kappa shape index (κ1) is 17.1. The van der Waals surface area contributed by atoms with Crippen molar-refractivity contribution < 1.29 is 4.79 Å². The number of piperidine rings is 1. The molecule has 0 N–H and O–H groups in total. The van der Waals surface area contributed by atoms with E-state index < -0.39 is 0 Å². The van der Waals surface area contributed by atoms with Crippen molar-refractivity contribution in [3.05, 3.63) is 35.4 Å². The van der Waals surface area contributed by atoms with Crippen molar-refractivity contribution in [2.24, 2.45) is 17.3 Å². The van der Waals surface area contributed by atoms with E-state index in [9.17, 15) is 4.79 Å². The Labute approximate surface area is 135 Å². The molecule has 0 saturated carbocycles. The van der Waals surface area contributed by atoms with Gasteiger partial charge in [0.1, 0.15) is 0 Å². The molecule has 0 aromatic heterocycles. The summed E-state index contributed by atoms with van der Waals surface area (Å²) < 4.78 is 0. The third-order valence-electron chi connectivity index (χ3n) is 5.32. The number of carbonyl (C=O) groups is 1. The molecular weight excluding hydrogens is 270 g/mol. The number of carbonyl (C=O) groups excluding carboxylic acids is 1. The summed E-state index contributed by atoms with van der Waals surface area (Å²) in [6.45, 7) is 12.6. The van der Waals surface area contributed by atoms with E-state index in [0.29, 0.717) is 11.8 Å². The maximum Gasteiger partial charge on any atom is 0.225 e. The fraction of sp³-hybridized carbons (Fsp3) is 0.650. The highest BCUT2D eigenvalue weighted by atomic mass is 16.2. The molecule has 1 fully saturated rings. The highest BCUT2D eigenvalue weighted by molar-refractivity contribution is 5.78. The molecular formula is C20H31NO. The SMILES string of the molecule is Cc1ccc(CC2(C(C)C)CCCN(C(=O)C(C)C)C2)cc1. The molecule has 2 heteroatoms. The van der Waals surface area contributed by atoms with Crippen LogP contribution in [0.25, 0.3) is 0 Å². The van der Waals surface area contributed by atoms with Gasteiger partial charge in [-0.05, 0) is 43.1 Å². The van der Waals surface area contributed by atoms with E-state index in [1.807, 2.05) is 13.8 Å². The van der Waals surface area contributed by atoms with Gasteiger partial charge in [-0.2, -0.15) is 0 Å². The largest absolute Gasteiger partial charge is 0.342 e. The monoisotopic (exact) mass is 301 g/mol. The average Bonchev–Trinajstić information content (AvgIpc) is 2.49. The van der Waals surface area contributed by atoms with Crippen molar-refractivity contribution in [3.63, 3.8) is 0 Å². The predicted molar refractivity (Wildman–Crippen MR) is 92.8 cm³/mol. The molecule has 122 valence electrons. The molecule has 1 unspecified atom stereocenters. The summed E-state index contributed by atoms with van der Waals surface area (Å²) in [5.74, 6) is 0.993. The van der Waals surface area contributed by atoms with Crippen molar-refractivity contribution in [3.8, 4) is 0 Å². The second-order valence-electron chi connectivity index (χ2n) is 7.70. The van der Waals surface area contributed by atoms with Crippen LogP contribution in [-0.2, 0) is 11.2 Å². The molecule has 0 bridgehead atoms. The molecule has 1 atom stereocenters. The molecule has 1 aromatic carbocycles. The van der Waals surface area contributed by atoms with E-state index in [1.54, 1.807) is 0 Å². The van der Waals surface area contributed by atoms with E-state index >= 15 is 0 Å². The summed E-state index contributed by atoms with van der Waals surface area (Å²) >= 11 is 0. The lowest BCUT2D eigenvalue weighted by atomic mass is 9.67. The van der Waals surface area contributed by atoms with Crippen molar-refractivity contribution in [2.75, 3.05) is 13.1 Å². The number of likely N-dealkylation sites (tertiary alicyclic amines) is 1. The highest BCUT2D eigenvalue weighted by Gasteiger charge is 2.39. The van der Waals surface area contributed by atoms with Gasteiger partial charge in [-0.25, -0.2) is 0 Å². The van der Waals surface area contributed by atoms with Crippen LogP contribution in [0.5, 0.6) is 0 Å². The first-order valence-corrected chi connectivity index (χ1v) is 8.68. The fourth-order valence-corrected chi connectivity index (χ4v) is 3.65. The Balaban J connectivity index is 2.20. The van der Waals surface area contributed by atoms with Gasteiger partial charge in [0, 0.05) is 19.0 Å². The fourth-order valence-electron chi connectivity index (χ4n) is 3.65. The van der Waals surface area contributed by atoms with Gasteiger partial charge in [-0.15, -0.1) is 0 Å². The molecule has 1 heterocycles. The quantitative estimate of drug-likeness (QED) is 0.804. The van der Waals surface area contributed by atoms with Gasteiger partial charge in [0.15, 0.2) is 0 Å². The van der Waals surface area contributed by atoms with E-state index in [0.717, 1.165) is 25.9 Å². The van der Waals surface area contributed by atoms with Crippen LogP contribution in [0.4, 0.5) is 0 Å². The van der Waals surface area contributed by atoms with Crippen LogP contribution in [0.3, 0.4) is 0 Å². The minimum absolute atomic E-state index is 0.0994. The molecule has 1 saturated heterocycles. The lowest BCUT2D eigenvalue weighted by Gasteiger charge is -2.46.